The predicted octanol–water partition coefficient (Wildman–Crippen LogP) is 8.87. The summed E-state index contributed by atoms with van der Waals surface area (Å²) in [5.74, 6) is 5.85. The van der Waals surface area contributed by atoms with E-state index < -0.39 is 11.0 Å². The monoisotopic (exact) mass is 587 g/mol. The maximum Gasteiger partial charge on any atom is 0.0979 e. The van der Waals surface area contributed by atoms with Gasteiger partial charge in [0, 0.05) is 0 Å². The van der Waals surface area contributed by atoms with Gasteiger partial charge in [0.25, 0.3) is 0 Å². The minimum Gasteiger partial charge on any atom is -0.242 e. The molecule has 2 nitrogen and oxygen atoms in total. The number of hydrogen-bond donors (Lipinski definition) is 1. The second kappa shape index (κ2) is 10.0. The van der Waals surface area contributed by atoms with E-state index in [2.05, 4.69) is 80.1 Å². The van der Waals surface area contributed by atoms with E-state index in [9.17, 15) is 4.21 Å². The Morgan fingerprint density at radius 2 is 1.10 bits per heavy atom. The number of hydrogen-bond acceptors (Lipinski definition) is 1. The van der Waals surface area contributed by atoms with Gasteiger partial charge in [0.15, 0.2) is 0 Å². The molecule has 10 rings (SSSR count). The average molecular weight is 588 g/mol. The highest BCUT2D eigenvalue weighted by Crippen LogP contribution is 2.78. The van der Waals surface area contributed by atoms with Gasteiger partial charge in [0.1, 0.15) is 0 Å². The Kier molecular flexibility index (Phi) is 6.71. The lowest BCUT2D eigenvalue weighted by Crippen LogP contribution is -2.58. The molecular formula is C37H50NOPS. The van der Waals surface area contributed by atoms with Crippen molar-refractivity contribution in [2.24, 2.45) is 35.5 Å². The summed E-state index contributed by atoms with van der Waals surface area (Å²) in [6, 6.07) is 20.5. The molecule has 0 spiro atoms. The quantitative estimate of drug-likeness (QED) is 0.322. The molecule has 8 saturated carbocycles. The minimum atomic E-state index is -1.15. The predicted molar refractivity (Wildman–Crippen MR) is 174 cm³/mol. The van der Waals surface area contributed by atoms with Gasteiger partial charge in [-0.2, -0.15) is 0 Å². The van der Waals surface area contributed by atoms with E-state index in [1.165, 1.54) is 88.2 Å². The molecule has 0 amide bonds. The van der Waals surface area contributed by atoms with Crippen molar-refractivity contribution in [3.63, 3.8) is 0 Å². The van der Waals surface area contributed by atoms with E-state index in [0.717, 1.165) is 35.5 Å². The zero-order chi connectivity index (χ0) is 28.0. The molecule has 220 valence electrons. The number of rotatable bonds is 7. The third kappa shape index (κ3) is 4.75. The molecule has 0 aliphatic heterocycles. The lowest BCUT2D eigenvalue weighted by Gasteiger charge is -2.67. The van der Waals surface area contributed by atoms with Gasteiger partial charge in [-0.05, 0) is 160 Å². The zero-order valence-electron chi connectivity index (χ0n) is 25.5. The van der Waals surface area contributed by atoms with Crippen LogP contribution in [-0.2, 0) is 11.0 Å². The van der Waals surface area contributed by atoms with Gasteiger partial charge < -0.3 is 0 Å². The molecule has 4 heteroatoms. The van der Waals surface area contributed by atoms with Crippen LogP contribution in [0, 0.1) is 35.5 Å². The Hall–Kier alpha value is -1.02. The SMILES string of the molecule is CC(C)(C)S(=O)N[C@H](c1ccccc1)c1ccccc1P(C12CC3CC(CC(C3)C1)C2)C12CC3CC(CC(C3)C1)C2. The molecule has 41 heavy (non-hydrogen) atoms. The molecule has 2 aromatic rings. The summed E-state index contributed by atoms with van der Waals surface area (Å²) >= 11 is 0. The average Bonchev–Trinajstić information content (AvgIpc) is 2.90. The molecule has 2 aromatic carbocycles. The molecule has 8 aliphatic carbocycles. The highest BCUT2D eigenvalue weighted by Gasteiger charge is 2.63. The van der Waals surface area contributed by atoms with Crippen molar-refractivity contribution in [2.75, 3.05) is 0 Å². The van der Waals surface area contributed by atoms with E-state index in [0.29, 0.717) is 10.3 Å². The lowest BCUT2D eigenvalue weighted by molar-refractivity contribution is 0.0195. The van der Waals surface area contributed by atoms with Crippen molar-refractivity contribution in [1.29, 1.82) is 0 Å². The summed E-state index contributed by atoms with van der Waals surface area (Å²) in [6.07, 6.45) is 18.1. The third-order valence-electron chi connectivity index (χ3n) is 12.4. The highest BCUT2D eigenvalue weighted by molar-refractivity contribution is 7.84. The zero-order valence-corrected chi connectivity index (χ0v) is 27.2. The molecular weight excluding hydrogens is 537 g/mol. The molecule has 1 N–H and O–H groups in total. The Morgan fingerprint density at radius 1 is 0.683 bits per heavy atom. The molecule has 2 atom stereocenters. The summed E-state index contributed by atoms with van der Waals surface area (Å²) in [5, 5.41) is 2.74. The highest BCUT2D eigenvalue weighted by atomic mass is 32.2. The molecule has 0 radical (unpaired) electrons. The standard InChI is InChI=1S/C37H50NOPS/c1-35(2,3)41(39)38-34(31-9-5-4-6-10-31)32-11-7-8-12-33(32)40(36-19-25-13-26(20-36)15-27(14-25)21-36)37-22-28-16-29(23-37)18-30(17-28)24-37/h4-12,25-30,34,38H,13-24H2,1-3H3/t25?,26?,27?,28?,29?,30?,34-,36?,37?,40?,41?/m1/s1. The van der Waals surface area contributed by atoms with E-state index >= 15 is 0 Å². The summed E-state index contributed by atoms with van der Waals surface area (Å²) in [4.78, 5) is 0. The molecule has 1 unspecified atom stereocenters. The van der Waals surface area contributed by atoms with Crippen molar-refractivity contribution >= 4 is 24.2 Å². The number of benzene rings is 2. The fraction of sp³-hybridized carbons (Fsp3) is 0.676. The minimum absolute atomic E-state index is 0.0414. The summed E-state index contributed by atoms with van der Waals surface area (Å²) in [6.45, 7) is 6.30. The van der Waals surface area contributed by atoms with Crippen molar-refractivity contribution in [1.82, 2.24) is 4.72 Å². The second-order valence-corrected chi connectivity index (χ2v) is 21.6. The van der Waals surface area contributed by atoms with Gasteiger partial charge in [-0.15, -0.1) is 0 Å². The van der Waals surface area contributed by atoms with Crippen LogP contribution in [0.5, 0.6) is 0 Å². The lowest BCUT2D eigenvalue weighted by atomic mass is 9.55. The Labute approximate surface area is 252 Å². The van der Waals surface area contributed by atoms with Crippen LogP contribution >= 0.6 is 7.92 Å². The summed E-state index contributed by atoms with van der Waals surface area (Å²) in [7, 11) is -1.49. The van der Waals surface area contributed by atoms with Crippen LogP contribution < -0.4 is 10.0 Å². The van der Waals surface area contributed by atoms with Crippen LogP contribution in [0.2, 0.25) is 0 Å². The van der Waals surface area contributed by atoms with Gasteiger partial charge in [-0.3, -0.25) is 0 Å². The first-order valence-corrected chi connectivity index (χ1v) is 19.3. The van der Waals surface area contributed by atoms with Crippen molar-refractivity contribution in [3.05, 3.63) is 65.7 Å². The Balaban J connectivity index is 1.30. The normalized spacial score (nSPS) is 41.0. The van der Waals surface area contributed by atoms with E-state index in [1.807, 2.05) is 0 Å². The van der Waals surface area contributed by atoms with Crippen molar-refractivity contribution in [3.8, 4) is 0 Å². The first-order chi connectivity index (χ1) is 19.7. The third-order valence-corrected chi connectivity index (χ3v) is 17.8. The summed E-state index contributed by atoms with van der Waals surface area (Å²) < 4.78 is 17.2. The van der Waals surface area contributed by atoms with E-state index in [-0.39, 0.29) is 18.7 Å². The first kappa shape index (κ1) is 27.5. The van der Waals surface area contributed by atoms with Crippen LogP contribution in [0.3, 0.4) is 0 Å². The van der Waals surface area contributed by atoms with Crippen LogP contribution in [0.4, 0.5) is 0 Å². The molecule has 0 saturated heterocycles. The van der Waals surface area contributed by atoms with Crippen LogP contribution in [0.15, 0.2) is 54.6 Å². The van der Waals surface area contributed by atoms with Crippen LogP contribution in [0.1, 0.15) is 115 Å². The maximum atomic E-state index is 13.8. The van der Waals surface area contributed by atoms with Crippen LogP contribution in [0.25, 0.3) is 0 Å². The molecule has 8 fully saturated rings. The van der Waals surface area contributed by atoms with Crippen LogP contribution in [-0.4, -0.2) is 19.3 Å². The molecule has 0 heterocycles. The first-order valence-electron chi connectivity index (χ1n) is 16.8. The van der Waals surface area contributed by atoms with Gasteiger partial charge in [0.2, 0.25) is 0 Å². The smallest absolute Gasteiger partial charge is 0.0979 e. The molecule has 8 bridgehead atoms. The van der Waals surface area contributed by atoms with Gasteiger partial charge in [-0.1, -0.05) is 62.5 Å². The maximum absolute atomic E-state index is 13.8. The number of nitrogens with one attached hydrogen (secondary N) is 1. The fourth-order valence-corrected chi connectivity index (χ4v) is 18.1. The summed E-state index contributed by atoms with van der Waals surface area (Å²) in [5.41, 5.74) is 2.69. The van der Waals surface area contributed by atoms with Gasteiger partial charge >= 0.3 is 0 Å². The van der Waals surface area contributed by atoms with Gasteiger partial charge in [0.05, 0.1) is 21.8 Å². The second-order valence-electron chi connectivity index (χ2n) is 16.5. The largest absolute Gasteiger partial charge is 0.242 e. The molecule has 8 aliphatic rings. The van der Waals surface area contributed by atoms with E-state index in [1.54, 1.807) is 5.30 Å². The fourth-order valence-electron chi connectivity index (χ4n) is 11.9. The van der Waals surface area contributed by atoms with Crippen molar-refractivity contribution < 1.29 is 4.21 Å². The Morgan fingerprint density at radius 3 is 1.54 bits per heavy atom. The van der Waals surface area contributed by atoms with Crippen molar-refractivity contribution in [2.45, 2.75) is 119 Å². The Bertz CT molecular complexity index is 1200. The van der Waals surface area contributed by atoms with E-state index in [4.69, 9.17) is 0 Å². The van der Waals surface area contributed by atoms with Gasteiger partial charge in [-0.25, -0.2) is 8.93 Å². The molecule has 0 aromatic heterocycles. The topological polar surface area (TPSA) is 29.1 Å².